The number of carboxylic acid groups (broad SMARTS) is 1. The Balaban J connectivity index is 2.47. The fraction of sp³-hybridized carbons (Fsp3) is 0.250. The molecule has 1 N–H and O–H groups in total. The number of hydrogen-bond acceptors (Lipinski definition) is 3. The van der Waals surface area contributed by atoms with Gasteiger partial charge < -0.3 is 5.11 Å². The van der Waals surface area contributed by atoms with E-state index in [1.54, 1.807) is 24.8 Å². The number of hydrogen-bond donors (Lipinski definition) is 1. The quantitative estimate of drug-likeness (QED) is 0.854. The van der Waals surface area contributed by atoms with Gasteiger partial charge in [0.2, 0.25) is 0 Å². The third-order valence-corrected chi connectivity index (χ3v) is 2.60. The molecule has 0 radical (unpaired) electrons. The van der Waals surface area contributed by atoms with Crippen LogP contribution in [0.25, 0.3) is 10.8 Å². The molecule has 2 aromatic heterocycles. The molecule has 1 atom stereocenters. The van der Waals surface area contributed by atoms with Crippen LogP contribution in [0.5, 0.6) is 0 Å². The number of nitrogens with zero attached hydrogens (tertiary/aromatic N) is 2. The first kappa shape index (κ1) is 10.5. The molecule has 16 heavy (non-hydrogen) atoms. The molecule has 2 heterocycles. The van der Waals surface area contributed by atoms with Crippen molar-refractivity contribution in [3.8, 4) is 0 Å². The van der Waals surface area contributed by atoms with Gasteiger partial charge in [0.15, 0.2) is 0 Å². The molecule has 1 unspecified atom stereocenters. The molecule has 0 saturated carbocycles. The SMILES string of the molecule is CC(CC(=O)O)c1cncc2ccncc12. The van der Waals surface area contributed by atoms with Gasteiger partial charge >= 0.3 is 5.97 Å². The standard InChI is InChI=1S/C12H12N2O2/c1-8(4-12(15)16)10-6-14-5-9-2-3-13-7-11(9)10/h2-3,5-8H,4H2,1H3,(H,15,16). The molecule has 0 aliphatic heterocycles. The van der Waals surface area contributed by atoms with Crippen LogP contribution in [-0.4, -0.2) is 21.0 Å². The van der Waals surface area contributed by atoms with E-state index >= 15 is 0 Å². The van der Waals surface area contributed by atoms with Crippen LogP contribution in [0.15, 0.2) is 30.9 Å². The summed E-state index contributed by atoms with van der Waals surface area (Å²) in [5.41, 5.74) is 0.938. The zero-order chi connectivity index (χ0) is 11.5. The third kappa shape index (κ3) is 2.00. The normalized spacial score (nSPS) is 12.6. The van der Waals surface area contributed by atoms with Crippen LogP contribution < -0.4 is 0 Å². The summed E-state index contributed by atoms with van der Waals surface area (Å²) in [5.74, 6) is -0.855. The molecule has 0 bridgehead atoms. The van der Waals surface area contributed by atoms with E-state index in [2.05, 4.69) is 9.97 Å². The largest absolute Gasteiger partial charge is 0.481 e. The highest BCUT2D eigenvalue weighted by Crippen LogP contribution is 2.25. The maximum atomic E-state index is 10.7. The van der Waals surface area contributed by atoms with Gasteiger partial charge in [0, 0.05) is 35.6 Å². The summed E-state index contributed by atoms with van der Waals surface area (Å²) < 4.78 is 0. The van der Waals surface area contributed by atoms with E-state index in [1.807, 2.05) is 13.0 Å². The third-order valence-electron chi connectivity index (χ3n) is 2.60. The molecule has 2 aromatic rings. The Labute approximate surface area is 93.0 Å². The van der Waals surface area contributed by atoms with Gasteiger partial charge in [-0.2, -0.15) is 0 Å². The Morgan fingerprint density at radius 1 is 1.38 bits per heavy atom. The van der Waals surface area contributed by atoms with Crippen molar-refractivity contribution in [2.75, 3.05) is 0 Å². The Morgan fingerprint density at radius 2 is 2.19 bits per heavy atom. The highest BCUT2D eigenvalue weighted by Gasteiger charge is 2.13. The molecule has 82 valence electrons. The van der Waals surface area contributed by atoms with Gasteiger partial charge in [-0.3, -0.25) is 14.8 Å². The second-order valence-corrected chi connectivity index (χ2v) is 3.82. The molecule has 4 nitrogen and oxygen atoms in total. The molecular formula is C12H12N2O2. The van der Waals surface area contributed by atoms with E-state index in [0.717, 1.165) is 16.3 Å². The average Bonchev–Trinajstić information content (AvgIpc) is 2.27. The van der Waals surface area contributed by atoms with Gasteiger partial charge in [-0.1, -0.05) is 6.92 Å². The number of carboxylic acids is 1. The predicted molar refractivity (Wildman–Crippen MR) is 60.2 cm³/mol. The highest BCUT2D eigenvalue weighted by molar-refractivity contribution is 5.84. The van der Waals surface area contributed by atoms with Crippen molar-refractivity contribution in [2.45, 2.75) is 19.3 Å². The maximum absolute atomic E-state index is 10.7. The molecule has 0 aromatic carbocycles. The van der Waals surface area contributed by atoms with Gasteiger partial charge in [-0.05, 0) is 17.5 Å². The second kappa shape index (κ2) is 4.26. The number of fused-ring (bicyclic) bond motifs is 1. The van der Waals surface area contributed by atoms with Gasteiger partial charge in [0.1, 0.15) is 0 Å². The van der Waals surface area contributed by atoms with Crippen molar-refractivity contribution in [3.63, 3.8) is 0 Å². The molecule has 0 saturated heterocycles. The fourth-order valence-corrected chi connectivity index (χ4v) is 1.79. The van der Waals surface area contributed by atoms with Crippen molar-refractivity contribution in [2.24, 2.45) is 0 Å². The summed E-state index contributed by atoms with van der Waals surface area (Å²) in [6.07, 6.45) is 7.04. The van der Waals surface area contributed by atoms with E-state index < -0.39 is 5.97 Å². The number of rotatable bonds is 3. The minimum Gasteiger partial charge on any atom is -0.481 e. The van der Waals surface area contributed by atoms with Crippen molar-refractivity contribution < 1.29 is 9.90 Å². The van der Waals surface area contributed by atoms with Gasteiger partial charge in [-0.15, -0.1) is 0 Å². The van der Waals surface area contributed by atoms with Gasteiger partial charge in [-0.25, -0.2) is 0 Å². The molecular weight excluding hydrogens is 204 g/mol. The Hall–Kier alpha value is -1.97. The van der Waals surface area contributed by atoms with Crippen LogP contribution >= 0.6 is 0 Å². The van der Waals surface area contributed by atoms with E-state index in [9.17, 15) is 4.79 Å². The van der Waals surface area contributed by atoms with Crippen molar-refractivity contribution in [1.29, 1.82) is 0 Å². The van der Waals surface area contributed by atoms with Crippen LogP contribution in [0, 0.1) is 0 Å². The van der Waals surface area contributed by atoms with E-state index in [4.69, 9.17) is 5.11 Å². The van der Waals surface area contributed by atoms with E-state index in [-0.39, 0.29) is 12.3 Å². The molecule has 0 spiro atoms. The van der Waals surface area contributed by atoms with Crippen molar-refractivity contribution >= 4 is 16.7 Å². The summed E-state index contributed by atoms with van der Waals surface area (Å²) in [5, 5.41) is 10.7. The molecule has 2 rings (SSSR count). The molecule has 0 aliphatic carbocycles. The van der Waals surface area contributed by atoms with Crippen molar-refractivity contribution in [3.05, 3.63) is 36.4 Å². The molecule has 4 heteroatoms. The van der Waals surface area contributed by atoms with Gasteiger partial charge in [0.05, 0.1) is 6.42 Å². The highest BCUT2D eigenvalue weighted by atomic mass is 16.4. The zero-order valence-corrected chi connectivity index (χ0v) is 8.92. The number of carbonyl (C=O) groups is 1. The monoisotopic (exact) mass is 216 g/mol. The van der Waals surface area contributed by atoms with Crippen LogP contribution in [0.2, 0.25) is 0 Å². The van der Waals surface area contributed by atoms with Crippen LogP contribution in [0.4, 0.5) is 0 Å². The lowest BCUT2D eigenvalue weighted by Gasteiger charge is -2.11. The topological polar surface area (TPSA) is 63.1 Å². The lowest BCUT2D eigenvalue weighted by molar-refractivity contribution is -0.137. The number of pyridine rings is 2. The summed E-state index contributed by atoms with van der Waals surface area (Å²) in [7, 11) is 0. The first-order valence-electron chi connectivity index (χ1n) is 5.08. The smallest absolute Gasteiger partial charge is 0.303 e. The minimum atomic E-state index is -0.798. The van der Waals surface area contributed by atoms with E-state index in [1.165, 1.54) is 0 Å². The Morgan fingerprint density at radius 3 is 2.94 bits per heavy atom. The van der Waals surface area contributed by atoms with Crippen LogP contribution in [0.3, 0.4) is 0 Å². The summed E-state index contributed by atoms with van der Waals surface area (Å²) in [6, 6.07) is 1.87. The Bertz CT molecular complexity index is 520. The number of aromatic nitrogens is 2. The first-order valence-corrected chi connectivity index (χ1v) is 5.08. The van der Waals surface area contributed by atoms with Gasteiger partial charge in [0.25, 0.3) is 0 Å². The summed E-state index contributed by atoms with van der Waals surface area (Å²) in [6.45, 7) is 1.89. The lowest BCUT2D eigenvalue weighted by Crippen LogP contribution is -2.04. The van der Waals surface area contributed by atoms with Crippen LogP contribution in [0.1, 0.15) is 24.8 Å². The zero-order valence-electron chi connectivity index (χ0n) is 8.92. The van der Waals surface area contributed by atoms with Crippen molar-refractivity contribution in [1.82, 2.24) is 9.97 Å². The average molecular weight is 216 g/mol. The van der Waals surface area contributed by atoms with Crippen LogP contribution in [-0.2, 0) is 4.79 Å². The molecule has 0 amide bonds. The minimum absolute atomic E-state index is 0.0575. The molecule has 0 aliphatic rings. The Kier molecular flexibility index (Phi) is 2.81. The maximum Gasteiger partial charge on any atom is 0.303 e. The number of aliphatic carboxylic acids is 1. The lowest BCUT2D eigenvalue weighted by atomic mass is 9.96. The van der Waals surface area contributed by atoms with E-state index in [0.29, 0.717) is 0 Å². The summed E-state index contributed by atoms with van der Waals surface area (Å²) in [4.78, 5) is 18.9. The predicted octanol–water partition coefficient (Wildman–Crippen LogP) is 2.21. The molecule has 0 fully saturated rings. The first-order chi connectivity index (χ1) is 7.68. The fourth-order valence-electron chi connectivity index (χ4n) is 1.79. The summed E-state index contributed by atoms with van der Waals surface area (Å²) >= 11 is 0. The second-order valence-electron chi connectivity index (χ2n) is 3.82.